The Bertz CT molecular complexity index is 595. The highest BCUT2D eigenvalue weighted by Crippen LogP contribution is 2.30. The van der Waals surface area contributed by atoms with E-state index in [1.54, 1.807) is 0 Å². The summed E-state index contributed by atoms with van der Waals surface area (Å²) in [5.41, 5.74) is 10.8. The molecule has 0 aliphatic carbocycles. The highest BCUT2D eigenvalue weighted by atomic mass is 14.2. The van der Waals surface area contributed by atoms with Crippen LogP contribution in [-0.4, -0.2) is 0 Å². The first-order chi connectivity index (χ1) is 9.87. The van der Waals surface area contributed by atoms with Crippen molar-refractivity contribution < 1.29 is 0 Å². The summed E-state index contributed by atoms with van der Waals surface area (Å²) in [6, 6.07) is 4.71. The largest absolute Gasteiger partial charge is 0.0958 e. The van der Waals surface area contributed by atoms with Crippen LogP contribution >= 0.6 is 0 Å². The minimum absolute atomic E-state index is 1.09. The molecule has 0 saturated carbocycles. The van der Waals surface area contributed by atoms with Gasteiger partial charge < -0.3 is 0 Å². The summed E-state index contributed by atoms with van der Waals surface area (Å²) < 4.78 is 0. The van der Waals surface area contributed by atoms with Crippen LogP contribution in [0.4, 0.5) is 0 Å². The summed E-state index contributed by atoms with van der Waals surface area (Å²) in [7, 11) is 0. The Balaban J connectivity index is 3.48. The normalized spacial score (nSPS) is 13.2. The topological polar surface area (TPSA) is 0 Å². The Labute approximate surface area is 131 Å². The molecule has 1 rings (SSSR count). The molecule has 0 amide bonds. The van der Waals surface area contributed by atoms with Gasteiger partial charge in [0.05, 0.1) is 0 Å². The zero-order valence-electron chi connectivity index (χ0n) is 14.9. The van der Waals surface area contributed by atoms with E-state index >= 15 is 0 Å². The van der Waals surface area contributed by atoms with Crippen LogP contribution in [-0.2, 0) is 12.8 Å². The van der Waals surface area contributed by atoms with Crippen molar-refractivity contribution in [3.8, 4) is 0 Å². The molecule has 0 spiro atoms. The van der Waals surface area contributed by atoms with Gasteiger partial charge in [-0.25, -0.2) is 0 Å². The smallest absolute Gasteiger partial charge is 0.0179 e. The second-order valence-electron chi connectivity index (χ2n) is 5.87. The maximum atomic E-state index is 4.08. The van der Waals surface area contributed by atoms with Crippen LogP contribution in [0.3, 0.4) is 0 Å². The van der Waals surface area contributed by atoms with E-state index in [-0.39, 0.29) is 0 Å². The lowest BCUT2D eigenvalue weighted by molar-refractivity contribution is 1.02. The summed E-state index contributed by atoms with van der Waals surface area (Å²) in [5, 5.41) is 0. The first kappa shape index (κ1) is 17.5. The molecule has 0 atom stereocenters. The van der Waals surface area contributed by atoms with E-state index in [2.05, 4.69) is 73.3 Å². The molecular formula is C21H30. The lowest BCUT2D eigenvalue weighted by Gasteiger charge is -2.17. The first-order valence-corrected chi connectivity index (χ1v) is 8.00. The van der Waals surface area contributed by atoms with Crippen molar-refractivity contribution in [1.29, 1.82) is 0 Å². The molecule has 21 heavy (non-hydrogen) atoms. The lowest BCUT2D eigenvalue weighted by atomic mass is 9.88. The van der Waals surface area contributed by atoms with Gasteiger partial charge in [0.15, 0.2) is 0 Å². The molecule has 0 heteroatoms. The van der Waals surface area contributed by atoms with Gasteiger partial charge >= 0.3 is 0 Å². The molecule has 0 aliphatic heterocycles. The summed E-state index contributed by atoms with van der Waals surface area (Å²) in [4.78, 5) is 0. The minimum Gasteiger partial charge on any atom is -0.0958 e. The van der Waals surface area contributed by atoms with Crippen LogP contribution in [0, 0.1) is 6.92 Å². The lowest BCUT2D eigenvalue weighted by Crippen LogP contribution is -1.99. The third-order valence-corrected chi connectivity index (χ3v) is 4.51. The van der Waals surface area contributed by atoms with Crippen molar-refractivity contribution in [3.05, 3.63) is 63.8 Å². The van der Waals surface area contributed by atoms with E-state index in [0.717, 1.165) is 18.4 Å². The van der Waals surface area contributed by atoms with Gasteiger partial charge in [0.1, 0.15) is 0 Å². The average molecular weight is 282 g/mol. The molecule has 0 heterocycles. The predicted molar refractivity (Wildman–Crippen MR) is 96.8 cm³/mol. The molecule has 0 aromatic heterocycles. The van der Waals surface area contributed by atoms with Crippen LogP contribution in [0.5, 0.6) is 0 Å². The summed E-state index contributed by atoms with van der Waals surface area (Å²) >= 11 is 0. The fourth-order valence-corrected chi connectivity index (χ4v) is 2.99. The number of benzene rings is 1. The zero-order valence-corrected chi connectivity index (χ0v) is 14.9. The van der Waals surface area contributed by atoms with Crippen LogP contribution in [0.25, 0.3) is 5.57 Å². The van der Waals surface area contributed by atoms with Crippen molar-refractivity contribution in [2.45, 2.75) is 61.3 Å². The fourth-order valence-electron chi connectivity index (χ4n) is 2.99. The maximum Gasteiger partial charge on any atom is -0.0179 e. The Hall–Kier alpha value is -1.56. The molecule has 0 nitrogen and oxygen atoms in total. The van der Waals surface area contributed by atoms with E-state index in [0.29, 0.717) is 0 Å². The fraction of sp³-hybridized carbons (Fsp3) is 0.429. The second kappa shape index (κ2) is 7.45. The van der Waals surface area contributed by atoms with Gasteiger partial charge in [-0.15, -0.1) is 0 Å². The van der Waals surface area contributed by atoms with Crippen molar-refractivity contribution >= 4 is 5.57 Å². The molecule has 0 bridgehead atoms. The van der Waals surface area contributed by atoms with Crippen molar-refractivity contribution in [1.82, 2.24) is 0 Å². The SMILES string of the molecule is C=C(C)/C(C)=C(C)\C(=C/C)c1cc(C)c(CC)c(CC)c1. The molecule has 1 aromatic rings. The molecule has 0 fully saturated rings. The minimum atomic E-state index is 1.09. The Kier molecular flexibility index (Phi) is 6.20. The zero-order chi connectivity index (χ0) is 16.2. The van der Waals surface area contributed by atoms with Gasteiger partial charge in [-0.05, 0) is 86.4 Å². The van der Waals surface area contributed by atoms with Gasteiger partial charge in [0.2, 0.25) is 0 Å². The van der Waals surface area contributed by atoms with Gasteiger partial charge in [-0.3, -0.25) is 0 Å². The summed E-state index contributed by atoms with van der Waals surface area (Å²) in [6.07, 6.45) is 4.43. The van der Waals surface area contributed by atoms with Crippen LogP contribution in [0.2, 0.25) is 0 Å². The molecule has 0 N–H and O–H groups in total. The molecule has 0 saturated heterocycles. The van der Waals surface area contributed by atoms with E-state index in [4.69, 9.17) is 0 Å². The number of aryl methyl sites for hydroxylation is 2. The van der Waals surface area contributed by atoms with E-state index < -0.39 is 0 Å². The Morgan fingerprint density at radius 3 is 2.10 bits per heavy atom. The number of allylic oxidation sites excluding steroid dienone is 5. The average Bonchev–Trinajstić information content (AvgIpc) is 2.46. The Morgan fingerprint density at radius 2 is 1.67 bits per heavy atom. The highest BCUT2D eigenvalue weighted by molar-refractivity contribution is 5.80. The van der Waals surface area contributed by atoms with Gasteiger partial charge in [0.25, 0.3) is 0 Å². The van der Waals surface area contributed by atoms with E-state index in [1.807, 2.05) is 0 Å². The monoisotopic (exact) mass is 282 g/mol. The molecule has 114 valence electrons. The molecule has 1 aromatic carbocycles. The van der Waals surface area contributed by atoms with Crippen molar-refractivity contribution in [3.63, 3.8) is 0 Å². The van der Waals surface area contributed by atoms with Crippen molar-refractivity contribution in [2.24, 2.45) is 0 Å². The number of hydrogen-bond acceptors (Lipinski definition) is 0. The molecule has 0 unspecified atom stereocenters. The third-order valence-electron chi connectivity index (χ3n) is 4.51. The van der Waals surface area contributed by atoms with Crippen LogP contribution in [0.15, 0.2) is 41.5 Å². The van der Waals surface area contributed by atoms with E-state index in [9.17, 15) is 0 Å². The summed E-state index contributed by atoms with van der Waals surface area (Å²) in [6.45, 7) is 19.4. The van der Waals surface area contributed by atoms with Gasteiger partial charge in [0, 0.05) is 0 Å². The quantitative estimate of drug-likeness (QED) is 0.545. The molecular weight excluding hydrogens is 252 g/mol. The van der Waals surface area contributed by atoms with Gasteiger partial charge in [-0.2, -0.15) is 0 Å². The maximum absolute atomic E-state index is 4.08. The standard InChI is InChI=1S/C21H30/c1-9-18-13-19(12-15(6)20(18)10-2)21(11-3)17(8)16(7)14(4)5/h11-13H,4,9-10H2,1-3,5-8H3/b17-16-,21-11+. The predicted octanol–water partition coefficient (Wildman–Crippen LogP) is 6.44. The van der Waals surface area contributed by atoms with E-state index in [1.165, 1.54) is 39.0 Å². The van der Waals surface area contributed by atoms with Gasteiger partial charge in [-0.1, -0.05) is 44.2 Å². The first-order valence-electron chi connectivity index (χ1n) is 8.00. The second-order valence-corrected chi connectivity index (χ2v) is 5.87. The molecule has 0 aliphatic rings. The highest BCUT2D eigenvalue weighted by Gasteiger charge is 2.11. The molecule has 0 radical (unpaired) electrons. The Morgan fingerprint density at radius 1 is 1.05 bits per heavy atom. The summed E-state index contributed by atoms with van der Waals surface area (Å²) in [5.74, 6) is 0. The number of rotatable bonds is 5. The van der Waals surface area contributed by atoms with Crippen LogP contribution < -0.4 is 0 Å². The third kappa shape index (κ3) is 3.75. The van der Waals surface area contributed by atoms with Crippen LogP contribution in [0.1, 0.15) is 63.8 Å². The van der Waals surface area contributed by atoms with Crippen molar-refractivity contribution in [2.75, 3.05) is 0 Å². The number of hydrogen-bond donors (Lipinski definition) is 0.